The normalized spacial score (nSPS) is 20.2. The molecule has 1 saturated heterocycles. The van der Waals surface area contributed by atoms with Crippen molar-refractivity contribution in [3.8, 4) is 0 Å². The molecule has 0 atom stereocenters. The second kappa shape index (κ2) is 8.75. The van der Waals surface area contributed by atoms with Crippen molar-refractivity contribution in [1.82, 2.24) is 10.2 Å². The van der Waals surface area contributed by atoms with Gasteiger partial charge in [0.05, 0.1) is 0 Å². The molecule has 22 heavy (non-hydrogen) atoms. The maximum absolute atomic E-state index is 4.47. The van der Waals surface area contributed by atoms with Crippen LogP contribution >= 0.6 is 24.0 Å². The van der Waals surface area contributed by atoms with Gasteiger partial charge in [-0.2, -0.15) is 0 Å². The molecule has 0 amide bonds. The van der Waals surface area contributed by atoms with E-state index >= 15 is 0 Å². The Balaban J connectivity index is 0.00000176. The maximum Gasteiger partial charge on any atom is 0.193 e. The van der Waals surface area contributed by atoms with E-state index < -0.39 is 0 Å². The fraction of sp³-hybridized carbons (Fsp3) is 0.611. The minimum absolute atomic E-state index is 0. The number of hydrogen-bond acceptors (Lipinski definition) is 1. The fourth-order valence-electron chi connectivity index (χ4n) is 3.33. The zero-order valence-electron chi connectivity index (χ0n) is 13.5. The number of rotatable bonds is 3. The van der Waals surface area contributed by atoms with Crippen molar-refractivity contribution in [1.29, 1.82) is 0 Å². The van der Waals surface area contributed by atoms with Gasteiger partial charge in [-0.15, -0.1) is 24.0 Å². The van der Waals surface area contributed by atoms with E-state index in [1.807, 2.05) is 7.05 Å². The van der Waals surface area contributed by atoms with Crippen molar-refractivity contribution in [2.75, 3.05) is 20.1 Å². The molecule has 2 fully saturated rings. The number of halogens is 1. The minimum Gasteiger partial charge on any atom is -0.354 e. The summed E-state index contributed by atoms with van der Waals surface area (Å²) >= 11 is 0. The molecule has 1 heterocycles. The quantitative estimate of drug-likeness (QED) is 0.465. The van der Waals surface area contributed by atoms with Gasteiger partial charge in [0.2, 0.25) is 0 Å². The van der Waals surface area contributed by atoms with Gasteiger partial charge in [-0.25, -0.2) is 0 Å². The predicted octanol–water partition coefficient (Wildman–Crippen LogP) is 3.69. The highest BCUT2D eigenvalue weighted by Gasteiger charge is 2.24. The molecular formula is C18H28IN3. The molecule has 1 N–H and O–H groups in total. The van der Waals surface area contributed by atoms with Gasteiger partial charge >= 0.3 is 0 Å². The van der Waals surface area contributed by atoms with Crippen LogP contribution in [0, 0.1) is 5.92 Å². The van der Waals surface area contributed by atoms with Crippen LogP contribution in [0.25, 0.3) is 0 Å². The zero-order valence-corrected chi connectivity index (χ0v) is 15.8. The first-order valence-corrected chi connectivity index (χ1v) is 8.37. The lowest BCUT2D eigenvalue weighted by Gasteiger charge is -2.37. The molecule has 122 valence electrons. The van der Waals surface area contributed by atoms with E-state index in [1.54, 1.807) is 0 Å². The molecule has 3 rings (SSSR count). The highest BCUT2D eigenvalue weighted by Crippen LogP contribution is 2.23. The van der Waals surface area contributed by atoms with E-state index in [9.17, 15) is 0 Å². The van der Waals surface area contributed by atoms with Crippen molar-refractivity contribution in [2.24, 2.45) is 10.9 Å². The Morgan fingerprint density at radius 1 is 1.14 bits per heavy atom. The van der Waals surface area contributed by atoms with Crippen molar-refractivity contribution in [3.63, 3.8) is 0 Å². The Morgan fingerprint density at radius 3 is 2.36 bits per heavy atom. The summed E-state index contributed by atoms with van der Waals surface area (Å²) in [6, 6.07) is 11.6. The summed E-state index contributed by atoms with van der Waals surface area (Å²) in [7, 11) is 1.91. The van der Waals surface area contributed by atoms with E-state index in [-0.39, 0.29) is 24.0 Å². The smallest absolute Gasteiger partial charge is 0.193 e. The van der Waals surface area contributed by atoms with Crippen LogP contribution in [0.1, 0.15) is 37.7 Å². The molecule has 1 aliphatic carbocycles. The average molecular weight is 413 g/mol. The standard InChI is InChI=1S/C18H27N3.HI/c1-19-18(20-17-8-5-9-17)21-12-10-16(11-13-21)14-15-6-3-2-4-7-15;/h2-4,6-7,16-17H,5,8-14H2,1H3,(H,19,20);1H. The van der Waals surface area contributed by atoms with Crippen LogP contribution in [0.4, 0.5) is 0 Å². The molecule has 3 nitrogen and oxygen atoms in total. The maximum atomic E-state index is 4.47. The molecular weight excluding hydrogens is 385 g/mol. The number of aliphatic imine (C=N–C) groups is 1. The van der Waals surface area contributed by atoms with Crippen LogP contribution in [0.5, 0.6) is 0 Å². The number of likely N-dealkylation sites (tertiary alicyclic amines) is 1. The van der Waals surface area contributed by atoms with Crippen molar-refractivity contribution < 1.29 is 0 Å². The van der Waals surface area contributed by atoms with E-state index in [0.29, 0.717) is 6.04 Å². The summed E-state index contributed by atoms with van der Waals surface area (Å²) in [5, 5.41) is 3.61. The first-order chi connectivity index (χ1) is 10.3. The van der Waals surface area contributed by atoms with Gasteiger partial charge in [0, 0.05) is 26.2 Å². The first-order valence-electron chi connectivity index (χ1n) is 8.37. The zero-order chi connectivity index (χ0) is 14.5. The van der Waals surface area contributed by atoms with E-state index in [4.69, 9.17) is 0 Å². The topological polar surface area (TPSA) is 27.6 Å². The molecule has 0 bridgehead atoms. The Morgan fingerprint density at radius 2 is 1.82 bits per heavy atom. The first kappa shape index (κ1) is 17.6. The Kier molecular flexibility index (Phi) is 6.99. The SMILES string of the molecule is CN=C(NC1CCC1)N1CCC(Cc2ccccc2)CC1.I. The summed E-state index contributed by atoms with van der Waals surface area (Å²) in [5.74, 6) is 1.95. The summed E-state index contributed by atoms with van der Waals surface area (Å²) in [6.07, 6.45) is 7.77. The lowest BCUT2D eigenvalue weighted by atomic mass is 9.90. The monoisotopic (exact) mass is 413 g/mol. The van der Waals surface area contributed by atoms with Crippen LogP contribution in [-0.2, 0) is 6.42 Å². The van der Waals surface area contributed by atoms with E-state index in [0.717, 1.165) is 25.0 Å². The number of guanidine groups is 1. The summed E-state index contributed by atoms with van der Waals surface area (Å²) in [4.78, 5) is 6.92. The summed E-state index contributed by atoms with van der Waals surface area (Å²) < 4.78 is 0. The van der Waals surface area contributed by atoms with Crippen LogP contribution < -0.4 is 5.32 Å². The van der Waals surface area contributed by atoms with Crippen molar-refractivity contribution in [3.05, 3.63) is 35.9 Å². The number of nitrogens with one attached hydrogen (secondary N) is 1. The largest absolute Gasteiger partial charge is 0.354 e. The van der Waals surface area contributed by atoms with Crippen LogP contribution in [0.3, 0.4) is 0 Å². The molecule has 4 heteroatoms. The van der Waals surface area contributed by atoms with Crippen LogP contribution in [0.2, 0.25) is 0 Å². The van der Waals surface area contributed by atoms with E-state index in [1.165, 1.54) is 44.1 Å². The number of hydrogen-bond donors (Lipinski definition) is 1. The third-order valence-electron chi connectivity index (χ3n) is 4.93. The molecule has 0 spiro atoms. The third-order valence-corrected chi connectivity index (χ3v) is 4.93. The fourth-order valence-corrected chi connectivity index (χ4v) is 3.33. The molecule has 1 aliphatic heterocycles. The van der Waals surface area contributed by atoms with Gasteiger partial charge in [0.1, 0.15) is 0 Å². The third kappa shape index (κ3) is 4.61. The molecule has 0 unspecified atom stereocenters. The Hall–Kier alpha value is -0.780. The van der Waals surface area contributed by atoms with Crippen LogP contribution in [-0.4, -0.2) is 37.0 Å². The van der Waals surface area contributed by atoms with Gasteiger partial charge in [-0.1, -0.05) is 30.3 Å². The molecule has 1 aromatic carbocycles. The Bertz CT molecular complexity index is 462. The lowest BCUT2D eigenvalue weighted by molar-refractivity contribution is 0.251. The summed E-state index contributed by atoms with van der Waals surface area (Å²) in [5.41, 5.74) is 1.48. The number of piperidine rings is 1. The average Bonchev–Trinajstić information content (AvgIpc) is 2.49. The minimum atomic E-state index is 0. The molecule has 1 saturated carbocycles. The number of nitrogens with zero attached hydrogens (tertiary/aromatic N) is 2. The molecule has 1 aromatic rings. The number of benzene rings is 1. The van der Waals surface area contributed by atoms with E-state index in [2.05, 4.69) is 45.5 Å². The molecule has 0 radical (unpaired) electrons. The van der Waals surface area contributed by atoms with Crippen LogP contribution in [0.15, 0.2) is 35.3 Å². The summed E-state index contributed by atoms with van der Waals surface area (Å²) in [6.45, 7) is 2.29. The predicted molar refractivity (Wildman–Crippen MR) is 104 cm³/mol. The van der Waals surface area contributed by atoms with Gasteiger partial charge in [0.15, 0.2) is 5.96 Å². The van der Waals surface area contributed by atoms with Crippen molar-refractivity contribution >= 4 is 29.9 Å². The van der Waals surface area contributed by atoms with Gasteiger partial charge in [0.25, 0.3) is 0 Å². The van der Waals surface area contributed by atoms with Gasteiger partial charge < -0.3 is 10.2 Å². The second-order valence-electron chi connectivity index (χ2n) is 6.44. The van der Waals surface area contributed by atoms with Gasteiger partial charge in [-0.3, -0.25) is 4.99 Å². The highest BCUT2D eigenvalue weighted by molar-refractivity contribution is 14.0. The lowest BCUT2D eigenvalue weighted by Crippen LogP contribution is -2.50. The Labute approximate surface area is 151 Å². The highest BCUT2D eigenvalue weighted by atomic mass is 127. The second-order valence-corrected chi connectivity index (χ2v) is 6.44. The molecule has 2 aliphatic rings. The molecule has 0 aromatic heterocycles. The van der Waals surface area contributed by atoms with Gasteiger partial charge in [-0.05, 0) is 50.0 Å². The van der Waals surface area contributed by atoms with Crippen molar-refractivity contribution in [2.45, 2.75) is 44.6 Å².